The Labute approximate surface area is 243 Å². The van der Waals surface area contributed by atoms with Gasteiger partial charge in [-0.3, -0.25) is 13.8 Å². The fourth-order valence-corrected chi connectivity index (χ4v) is 6.57. The van der Waals surface area contributed by atoms with E-state index in [-0.39, 0.29) is 21.2 Å². The van der Waals surface area contributed by atoms with Gasteiger partial charge in [0.1, 0.15) is 6.54 Å². The predicted molar refractivity (Wildman–Crippen MR) is 159 cm³/mol. The quantitative estimate of drug-likeness (QED) is 0.231. The molecular weight excluding hydrogens is 593 g/mol. The number of aryl methyl sites for hydroxylation is 1. The van der Waals surface area contributed by atoms with E-state index in [2.05, 4.69) is 10.0 Å². The molecule has 0 heterocycles. The van der Waals surface area contributed by atoms with Gasteiger partial charge in [0.15, 0.2) is 0 Å². The maximum atomic E-state index is 13.5. The van der Waals surface area contributed by atoms with Gasteiger partial charge in [-0.15, -0.1) is 0 Å². The number of benzene rings is 4. The number of rotatable bonds is 9. The highest BCUT2D eigenvalue weighted by molar-refractivity contribution is 7.93. The Morgan fingerprint density at radius 3 is 2.00 bits per heavy atom. The second-order valence-electron chi connectivity index (χ2n) is 8.89. The van der Waals surface area contributed by atoms with E-state index in [0.29, 0.717) is 21.3 Å². The highest BCUT2D eigenvalue weighted by Crippen LogP contribution is 2.27. The summed E-state index contributed by atoms with van der Waals surface area (Å²) in [5, 5.41) is 3.47. The number of hydrogen-bond acceptors (Lipinski definition) is 5. The first-order valence-electron chi connectivity index (χ1n) is 11.9. The third kappa shape index (κ3) is 6.76. The van der Waals surface area contributed by atoms with Gasteiger partial charge in [-0.25, -0.2) is 16.8 Å². The van der Waals surface area contributed by atoms with Gasteiger partial charge in [0.25, 0.3) is 20.0 Å². The van der Waals surface area contributed by atoms with Crippen molar-refractivity contribution in [2.45, 2.75) is 23.6 Å². The zero-order chi connectivity index (χ0) is 29.1. The standard InChI is InChI=1S/C28H25Cl2N3O5S2/c1-19-6-14-25(15-7-19)40(37,38)33(23-12-8-21(29)9-13-23)18-28(34)31-22-10-16-24(17-11-22)39(35,36)32-27-5-3-4-26(30)20(27)2/h3-17,32H,18H2,1-2H3,(H,31,34). The van der Waals surface area contributed by atoms with E-state index in [1.165, 1.54) is 60.7 Å². The average Bonchev–Trinajstić information content (AvgIpc) is 2.91. The van der Waals surface area contributed by atoms with Crippen LogP contribution in [0.4, 0.5) is 17.1 Å². The molecule has 0 saturated heterocycles. The summed E-state index contributed by atoms with van der Waals surface area (Å²) in [6.07, 6.45) is 0. The molecule has 1 amide bonds. The molecule has 0 atom stereocenters. The molecule has 0 radical (unpaired) electrons. The van der Waals surface area contributed by atoms with E-state index in [4.69, 9.17) is 23.2 Å². The molecule has 4 aromatic rings. The van der Waals surface area contributed by atoms with Crippen LogP contribution in [0.1, 0.15) is 11.1 Å². The van der Waals surface area contributed by atoms with E-state index in [0.717, 1.165) is 9.87 Å². The maximum Gasteiger partial charge on any atom is 0.264 e. The van der Waals surface area contributed by atoms with Crippen molar-refractivity contribution in [1.29, 1.82) is 0 Å². The van der Waals surface area contributed by atoms with Crippen LogP contribution in [0.2, 0.25) is 10.0 Å². The van der Waals surface area contributed by atoms with Crippen molar-refractivity contribution in [2.24, 2.45) is 0 Å². The summed E-state index contributed by atoms with van der Waals surface area (Å²) in [4.78, 5) is 13.0. The van der Waals surface area contributed by atoms with Gasteiger partial charge in [0, 0.05) is 15.7 Å². The number of halogens is 2. The van der Waals surface area contributed by atoms with Crippen molar-refractivity contribution in [3.05, 3.63) is 112 Å². The summed E-state index contributed by atoms with van der Waals surface area (Å²) < 4.78 is 56.2. The number of carbonyl (C=O) groups is 1. The van der Waals surface area contributed by atoms with Crippen LogP contribution in [0.15, 0.2) is 101 Å². The van der Waals surface area contributed by atoms with E-state index < -0.39 is 32.5 Å². The lowest BCUT2D eigenvalue weighted by Gasteiger charge is -2.24. The first-order chi connectivity index (χ1) is 18.9. The van der Waals surface area contributed by atoms with Crippen LogP contribution >= 0.6 is 23.2 Å². The summed E-state index contributed by atoms with van der Waals surface area (Å²) in [7, 11) is -8.03. The molecule has 12 heteroatoms. The average molecular weight is 619 g/mol. The zero-order valence-corrected chi connectivity index (χ0v) is 24.6. The second-order valence-corrected chi connectivity index (χ2v) is 13.3. The molecule has 0 fully saturated rings. The Morgan fingerprint density at radius 2 is 1.38 bits per heavy atom. The minimum Gasteiger partial charge on any atom is -0.325 e. The van der Waals surface area contributed by atoms with Gasteiger partial charge in [0.2, 0.25) is 5.91 Å². The highest BCUT2D eigenvalue weighted by Gasteiger charge is 2.27. The number of nitrogens with zero attached hydrogens (tertiary/aromatic N) is 1. The molecule has 4 rings (SSSR count). The van der Waals surface area contributed by atoms with Crippen LogP contribution in [-0.2, 0) is 24.8 Å². The Hall–Kier alpha value is -3.57. The van der Waals surface area contributed by atoms with Gasteiger partial charge >= 0.3 is 0 Å². The lowest BCUT2D eigenvalue weighted by Crippen LogP contribution is -2.38. The van der Waals surface area contributed by atoms with Crippen molar-refractivity contribution < 1.29 is 21.6 Å². The maximum absolute atomic E-state index is 13.5. The number of hydrogen-bond donors (Lipinski definition) is 2. The van der Waals surface area contributed by atoms with Gasteiger partial charge in [-0.2, -0.15) is 0 Å². The third-order valence-electron chi connectivity index (χ3n) is 5.97. The molecule has 4 aromatic carbocycles. The second kappa shape index (κ2) is 11.9. The lowest BCUT2D eigenvalue weighted by molar-refractivity contribution is -0.114. The molecule has 208 valence electrons. The number of nitrogens with one attached hydrogen (secondary N) is 2. The molecular formula is C28H25Cl2N3O5S2. The molecule has 40 heavy (non-hydrogen) atoms. The van der Waals surface area contributed by atoms with E-state index >= 15 is 0 Å². The molecule has 2 N–H and O–H groups in total. The van der Waals surface area contributed by atoms with Crippen LogP contribution in [0.3, 0.4) is 0 Å². The van der Waals surface area contributed by atoms with Gasteiger partial charge in [0.05, 0.1) is 21.2 Å². The minimum atomic E-state index is -4.10. The number of amides is 1. The van der Waals surface area contributed by atoms with Crippen molar-refractivity contribution in [2.75, 3.05) is 20.9 Å². The van der Waals surface area contributed by atoms with Crippen molar-refractivity contribution >= 4 is 66.2 Å². The monoisotopic (exact) mass is 617 g/mol. The minimum absolute atomic E-state index is 0.0258. The summed E-state index contributed by atoms with van der Waals surface area (Å²) in [6, 6.07) is 22.8. The molecule has 8 nitrogen and oxygen atoms in total. The largest absolute Gasteiger partial charge is 0.325 e. The molecule has 0 aliphatic rings. The molecule has 0 unspecified atom stereocenters. The van der Waals surface area contributed by atoms with Gasteiger partial charge < -0.3 is 5.32 Å². The van der Waals surface area contributed by atoms with Gasteiger partial charge in [-0.1, -0.05) is 47.0 Å². The summed E-state index contributed by atoms with van der Waals surface area (Å²) in [5.74, 6) is -0.631. The molecule has 0 aromatic heterocycles. The fourth-order valence-electron chi connectivity index (χ4n) is 3.73. The molecule has 0 spiro atoms. The van der Waals surface area contributed by atoms with Crippen LogP contribution in [0.5, 0.6) is 0 Å². The van der Waals surface area contributed by atoms with Crippen molar-refractivity contribution in [3.8, 4) is 0 Å². The highest BCUT2D eigenvalue weighted by atomic mass is 35.5. The Kier molecular flexibility index (Phi) is 8.74. The van der Waals surface area contributed by atoms with Crippen LogP contribution in [-0.4, -0.2) is 29.3 Å². The van der Waals surface area contributed by atoms with E-state index in [1.54, 1.807) is 37.3 Å². The summed E-state index contributed by atoms with van der Waals surface area (Å²) in [6.45, 7) is 3.00. The van der Waals surface area contributed by atoms with Gasteiger partial charge in [-0.05, 0) is 92.2 Å². The molecule has 0 bridgehead atoms. The first-order valence-corrected chi connectivity index (χ1v) is 15.6. The summed E-state index contributed by atoms with van der Waals surface area (Å²) >= 11 is 12.1. The zero-order valence-electron chi connectivity index (χ0n) is 21.4. The SMILES string of the molecule is Cc1ccc(S(=O)(=O)N(CC(=O)Nc2ccc(S(=O)(=O)Nc3cccc(Cl)c3C)cc2)c2ccc(Cl)cc2)cc1. The Balaban J connectivity index is 1.53. The molecule has 0 saturated carbocycles. The van der Waals surface area contributed by atoms with Crippen molar-refractivity contribution in [3.63, 3.8) is 0 Å². The van der Waals surface area contributed by atoms with E-state index in [1.807, 2.05) is 6.92 Å². The number of sulfonamides is 2. The number of carbonyl (C=O) groups excluding carboxylic acids is 1. The first kappa shape index (κ1) is 29.4. The van der Waals surface area contributed by atoms with Crippen LogP contribution in [0, 0.1) is 13.8 Å². The Bertz CT molecular complexity index is 1740. The smallest absolute Gasteiger partial charge is 0.264 e. The fraction of sp³-hybridized carbons (Fsp3) is 0.107. The van der Waals surface area contributed by atoms with E-state index in [9.17, 15) is 21.6 Å². The molecule has 0 aliphatic heterocycles. The lowest BCUT2D eigenvalue weighted by atomic mass is 10.2. The Morgan fingerprint density at radius 1 is 0.775 bits per heavy atom. The van der Waals surface area contributed by atoms with Crippen molar-refractivity contribution in [1.82, 2.24) is 0 Å². The predicted octanol–water partition coefficient (Wildman–Crippen LogP) is 6.25. The van der Waals surface area contributed by atoms with Crippen LogP contribution in [0.25, 0.3) is 0 Å². The number of anilines is 3. The normalized spacial score (nSPS) is 11.6. The van der Waals surface area contributed by atoms with Crippen LogP contribution < -0.4 is 14.3 Å². The summed E-state index contributed by atoms with van der Waals surface area (Å²) in [5.41, 5.74) is 2.36. The third-order valence-corrected chi connectivity index (χ3v) is 9.80. The molecule has 0 aliphatic carbocycles. The topological polar surface area (TPSA) is 113 Å².